The predicted octanol–water partition coefficient (Wildman–Crippen LogP) is 5.04. The number of benzene rings is 3. The number of carboxylic acid groups (broad SMARTS) is 1. The van der Waals surface area contributed by atoms with Gasteiger partial charge in [-0.25, -0.2) is 9.59 Å². The molecule has 180 valence electrons. The first-order chi connectivity index (χ1) is 17.1. The van der Waals surface area contributed by atoms with E-state index in [0.717, 1.165) is 41.5 Å². The summed E-state index contributed by atoms with van der Waals surface area (Å²) >= 11 is 0. The SMILES string of the molecule is O=C(N[C@@H](CCNC1CCCc2ccccc21)C(=O)O)OCC1c2ccccc2-c2ccccc21. The van der Waals surface area contributed by atoms with E-state index in [1.165, 1.54) is 11.1 Å². The van der Waals surface area contributed by atoms with Crippen LogP contribution >= 0.6 is 0 Å². The highest BCUT2D eigenvalue weighted by Gasteiger charge is 2.30. The van der Waals surface area contributed by atoms with E-state index >= 15 is 0 Å². The smallest absolute Gasteiger partial charge is 0.407 e. The average molecular weight is 471 g/mol. The standard InChI is InChI=1S/C29H30N2O4/c32-28(33)27(16-17-30-26-15-7-9-19-8-1-2-10-20(19)26)31-29(34)35-18-25-23-13-5-3-11-21(23)22-12-4-6-14-24(22)25/h1-6,8,10-14,25-27,30H,7,9,15-18H2,(H,31,34)(H,32,33)/t26?,27-/m0/s1. The summed E-state index contributed by atoms with van der Waals surface area (Å²) in [4.78, 5) is 24.4. The number of ether oxygens (including phenoxy) is 1. The van der Waals surface area contributed by atoms with Crippen molar-refractivity contribution in [2.24, 2.45) is 0 Å². The number of hydrogen-bond acceptors (Lipinski definition) is 4. The van der Waals surface area contributed by atoms with E-state index in [1.807, 2.05) is 30.3 Å². The summed E-state index contributed by atoms with van der Waals surface area (Å²) in [6.07, 6.45) is 2.78. The lowest BCUT2D eigenvalue weighted by Crippen LogP contribution is -2.43. The molecule has 2 aliphatic rings. The molecule has 2 aliphatic carbocycles. The second-order valence-corrected chi connectivity index (χ2v) is 9.25. The number of carbonyl (C=O) groups is 2. The fourth-order valence-corrected chi connectivity index (χ4v) is 5.41. The van der Waals surface area contributed by atoms with Crippen LogP contribution in [0.4, 0.5) is 4.79 Å². The lowest BCUT2D eigenvalue weighted by atomic mass is 9.87. The van der Waals surface area contributed by atoms with Crippen molar-refractivity contribution in [1.29, 1.82) is 0 Å². The Balaban J connectivity index is 1.16. The van der Waals surface area contributed by atoms with E-state index in [1.54, 1.807) is 0 Å². The van der Waals surface area contributed by atoms with Gasteiger partial charge in [-0.2, -0.15) is 0 Å². The molecule has 0 fully saturated rings. The maximum absolute atomic E-state index is 12.5. The predicted molar refractivity (Wildman–Crippen MR) is 134 cm³/mol. The number of aryl methyl sites for hydroxylation is 1. The summed E-state index contributed by atoms with van der Waals surface area (Å²) in [5.41, 5.74) is 7.17. The number of alkyl carbamates (subject to hydrolysis) is 1. The third-order valence-electron chi connectivity index (χ3n) is 7.13. The average Bonchev–Trinajstić information content (AvgIpc) is 3.20. The van der Waals surface area contributed by atoms with Crippen LogP contribution in [0.25, 0.3) is 11.1 Å². The van der Waals surface area contributed by atoms with E-state index in [9.17, 15) is 14.7 Å². The highest BCUT2D eigenvalue weighted by atomic mass is 16.5. The van der Waals surface area contributed by atoms with Crippen molar-refractivity contribution in [2.75, 3.05) is 13.2 Å². The third-order valence-corrected chi connectivity index (χ3v) is 7.13. The lowest BCUT2D eigenvalue weighted by Gasteiger charge is -2.27. The number of aliphatic carboxylic acids is 1. The molecule has 0 radical (unpaired) electrons. The molecule has 1 unspecified atom stereocenters. The zero-order chi connectivity index (χ0) is 24.2. The van der Waals surface area contributed by atoms with Gasteiger partial charge in [-0.3, -0.25) is 0 Å². The number of amides is 1. The number of rotatable bonds is 8. The van der Waals surface area contributed by atoms with Crippen LogP contribution in [-0.4, -0.2) is 36.4 Å². The van der Waals surface area contributed by atoms with E-state index in [-0.39, 0.29) is 25.0 Å². The quantitative estimate of drug-likeness (QED) is 0.430. The molecule has 3 aromatic carbocycles. The molecule has 3 aromatic rings. The monoisotopic (exact) mass is 470 g/mol. The van der Waals surface area contributed by atoms with Crippen LogP contribution in [0, 0.1) is 0 Å². The van der Waals surface area contributed by atoms with Crippen molar-refractivity contribution in [3.63, 3.8) is 0 Å². The van der Waals surface area contributed by atoms with Gasteiger partial charge in [0.15, 0.2) is 0 Å². The van der Waals surface area contributed by atoms with Gasteiger partial charge in [0.2, 0.25) is 0 Å². The minimum Gasteiger partial charge on any atom is -0.480 e. The second-order valence-electron chi connectivity index (χ2n) is 9.25. The van der Waals surface area contributed by atoms with Crippen LogP contribution in [0.1, 0.15) is 53.5 Å². The molecule has 35 heavy (non-hydrogen) atoms. The van der Waals surface area contributed by atoms with Crippen LogP contribution in [0.3, 0.4) is 0 Å². The lowest BCUT2D eigenvalue weighted by molar-refractivity contribution is -0.139. The normalized spacial score (nSPS) is 17.1. The molecule has 3 N–H and O–H groups in total. The molecular formula is C29H30N2O4. The molecule has 0 aliphatic heterocycles. The Morgan fingerprint density at radius 2 is 1.54 bits per heavy atom. The molecule has 0 saturated carbocycles. The molecule has 0 aromatic heterocycles. The van der Waals surface area contributed by atoms with E-state index in [4.69, 9.17) is 4.74 Å². The Hall–Kier alpha value is -3.64. The van der Waals surface area contributed by atoms with Gasteiger partial charge in [0.1, 0.15) is 12.6 Å². The number of fused-ring (bicyclic) bond motifs is 4. The van der Waals surface area contributed by atoms with Gasteiger partial charge in [-0.1, -0.05) is 72.8 Å². The van der Waals surface area contributed by atoms with Crippen molar-refractivity contribution in [2.45, 2.75) is 43.7 Å². The number of carboxylic acids is 1. The minimum absolute atomic E-state index is 0.0653. The van der Waals surface area contributed by atoms with Gasteiger partial charge in [-0.05, 0) is 65.6 Å². The molecule has 1 amide bonds. The van der Waals surface area contributed by atoms with Crippen LogP contribution in [-0.2, 0) is 16.0 Å². The van der Waals surface area contributed by atoms with Crippen molar-refractivity contribution in [1.82, 2.24) is 10.6 Å². The first-order valence-corrected chi connectivity index (χ1v) is 12.3. The second kappa shape index (κ2) is 10.3. The molecule has 6 nitrogen and oxygen atoms in total. The topological polar surface area (TPSA) is 87.7 Å². The van der Waals surface area contributed by atoms with Gasteiger partial charge in [0.25, 0.3) is 0 Å². The van der Waals surface area contributed by atoms with Crippen LogP contribution in [0.5, 0.6) is 0 Å². The van der Waals surface area contributed by atoms with Crippen LogP contribution in [0.2, 0.25) is 0 Å². The van der Waals surface area contributed by atoms with Gasteiger partial charge in [0.05, 0.1) is 0 Å². The molecule has 0 bridgehead atoms. The Labute approximate surface area is 205 Å². The fraction of sp³-hybridized carbons (Fsp3) is 0.310. The molecule has 2 atom stereocenters. The van der Waals surface area contributed by atoms with Gasteiger partial charge >= 0.3 is 12.1 Å². The van der Waals surface area contributed by atoms with E-state index in [0.29, 0.717) is 6.54 Å². The Kier molecular flexibility index (Phi) is 6.82. The minimum atomic E-state index is -1.07. The molecule has 0 spiro atoms. The fourth-order valence-electron chi connectivity index (χ4n) is 5.41. The number of carbonyl (C=O) groups excluding carboxylic acids is 1. The number of nitrogens with one attached hydrogen (secondary N) is 2. The first kappa shape index (κ1) is 23.1. The van der Waals surface area contributed by atoms with Crippen molar-refractivity contribution in [3.8, 4) is 11.1 Å². The summed E-state index contributed by atoms with van der Waals surface area (Å²) in [5.74, 6) is -1.13. The number of hydrogen-bond donors (Lipinski definition) is 3. The highest BCUT2D eigenvalue weighted by Crippen LogP contribution is 2.44. The Morgan fingerprint density at radius 3 is 2.23 bits per heavy atom. The molecule has 0 saturated heterocycles. The van der Waals surface area contributed by atoms with Gasteiger partial charge in [0, 0.05) is 12.0 Å². The van der Waals surface area contributed by atoms with Crippen LogP contribution in [0.15, 0.2) is 72.8 Å². The highest BCUT2D eigenvalue weighted by molar-refractivity contribution is 5.81. The zero-order valence-electron chi connectivity index (χ0n) is 19.6. The van der Waals surface area contributed by atoms with Gasteiger partial charge in [-0.15, -0.1) is 0 Å². The van der Waals surface area contributed by atoms with Crippen molar-refractivity contribution >= 4 is 12.1 Å². The summed E-state index contributed by atoms with van der Waals surface area (Å²) in [6, 6.07) is 23.8. The van der Waals surface area contributed by atoms with E-state index in [2.05, 4.69) is 53.1 Å². The van der Waals surface area contributed by atoms with Crippen molar-refractivity contribution < 1.29 is 19.4 Å². The first-order valence-electron chi connectivity index (χ1n) is 12.3. The van der Waals surface area contributed by atoms with Gasteiger partial charge < -0.3 is 20.5 Å². The summed E-state index contributed by atoms with van der Waals surface area (Å²) < 4.78 is 5.53. The maximum Gasteiger partial charge on any atom is 0.407 e. The molecule has 6 heteroatoms. The Bertz CT molecular complexity index is 1180. The summed E-state index contributed by atoms with van der Waals surface area (Å²) in [5, 5.41) is 15.7. The van der Waals surface area contributed by atoms with Crippen molar-refractivity contribution in [3.05, 3.63) is 95.1 Å². The Morgan fingerprint density at radius 1 is 0.914 bits per heavy atom. The molecule has 5 rings (SSSR count). The zero-order valence-corrected chi connectivity index (χ0v) is 19.6. The van der Waals surface area contributed by atoms with E-state index < -0.39 is 18.1 Å². The summed E-state index contributed by atoms with van der Waals surface area (Å²) in [6.45, 7) is 0.642. The summed E-state index contributed by atoms with van der Waals surface area (Å²) in [7, 11) is 0. The van der Waals surface area contributed by atoms with Crippen LogP contribution < -0.4 is 10.6 Å². The third kappa shape index (κ3) is 4.93. The molecular weight excluding hydrogens is 440 g/mol. The maximum atomic E-state index is 12.5. The largest absolute Gasteiger partial charge is 0.480 e. The molecule has 0 heterocycles.